The van der Waals surface area contributed by atoms with Crippen LogP contribution in [-0.2, 0) is 23.9 Å². The molecule has 0 aliphatic rings. The minimum atomic E-state index is -0.640. The van der Waals surface area contributed by atoms with Crippen molar-refractivity contribution in [3.05, 3.63) is 0 Å². The molecule has 0 heterocycles. The Kier molecular flexibility index (Phi) is 17.1. The molecule has 0 aromatic rings. The maximum Gasteiger partial charge on any atom is 0.306 e. The van der Waals surface area contributed by atoms with E-state index in [0.717, 1.165) is 51.4 Å². The Hall–Kier alpha value is -1.39. The van der Waals surface area contributed by atoms with Gasteiger partial charge in [0, 0.05) is 12.8 Å². The molecule has 0 amide bonds. The van der Waals surface area contributed by atoms with Gasteiger partial charge in [-0.1, -0.05) is 64.7 Å². The third kappa shape index (κ3) is 17.8. The van der Waals surface area contributed by atoms with Crippen molar-refractivity contribution in [2.24, 2.45) is 0 Å². The monoisotopic (exact) mass is 384 g/mol. The average molecular weight is 385 g/mol. The number of hydrogen-bond acceptors (Lipinski definition) is 5. The van der Waals surface area contributed by atoms with Gasteiger partial charge in [-0.2, -0.15) is 0 Å². The highest BCUT2D eigenvalue weighted by molar-refractivity contribution is 5.83. The number of Topliss-reactive ketones (excluding diaryl/α,β-unsaturated/α-hetero) is 1. The predicted octanol–water partition coefficient (Wildman–Crippen LogP) is 5.53. The summed E-state index contributed by atoms with van der Waals surface area (Å²) < 4.78 is 10.3. The molecule has 0 bridgehead atoms. The van der Waals surface area contributed by atoms with E-state index >= 15 is 0 Å². The van der Waals surface area contributed by atoms with E-state index in [4.69, 9.17) is 9.47 Å². The quantitative estimate of drug-likeness (QED) is 0.229. The van der Waals surface area contributed by atoms with E-state index in [1.54, 1.807) is 6.92 Å². The molecule has 0 N–H and O–H groups in total. The highest BCUT2D eigenvalue weighted by atomic mass is 16.5. The van der Waals surface area contributed by atoms with Crippen molar-refractivity contribution in [2.75, 3.05) is 6.61 Å². The lowest BCUT2D eigenvalue weighted by Gasteiger charge is -2.09. The zero-order valence-corrected chi connectivity index (χ0v) is 17.7. The van der Waals surface area contributed by atoms with Crippen LogP contribution in [0.5, 0.6) is 0 Å². The van der Waals surface area contributed by atoms with Crippen LogP contribution < -0.4 is 0 Å². The second kappa shape index (κ2) is 18.0. The summed E-state index contributed by atoms with van der Waals surface area (Å²) in [6.07, 6.45) is 13.1. The smallest absolute Gasteiger partial charge is 0.306 e. The lowest BCUT2D eigenvalue weighted by atomic mass is 10.1. The fourth-order valence-corrected chi connectivity index (χ4v) is 2.73. The van der Waals surface area contributed by atoms with Crippen LogP contribution in [0.4, 0.5) is 0 Å². The molecular formula is C22H40O5. The molecule has 1 unspecified atom stereocenters. The fourth-order valence-electron chi connectivity index (χ4n) is 2.73. The third-order valence-corrected chi connectivity index (χ3v) is 4.65. The number of ether oxygens (including phenoxy) is 2. The van der Waals surface area contributed by atoms with Crippen LogP contribution >= 0.6 is 0 Å². The van der Waals surface area contributed by atoms with Gasteiger partial charge in [0.2, 0.25) is 0 Å². The predicted molar refractivity (Wildman–Crippen MR) is 108 cm³/mol. The van der Waals surface area contributed by atoms with Gasteiger partial charge in [-0.05, 0) is 33.1 Å². The van der Waals surface area contributed by atoms with E-state index < -0.39 is 6.10 Å². The Balaban J connectivity index is 3.35. The van der Waals surface area contributed by atoms with Crippen molar-refractivity contribution in [3.8, 4) is 0 Å². The van der Waals surface area contributed by atoms with Crippen LogP contribution in [0.2, 0.25) is 0 Å². The number of hydrogen-bond donors (Lipinski definition) is 0. The Morgan fingerprint density at radius 1 is 0.704 bits per heavy atom. The summed E-state index contributed by atoms with van der Waals surface area (Å²) in [5.41, 5.74) is 0. The zero-order chi connectivity index (χ0) is 20.3. The summed E-state index contributed by atoms with van der Waals surface area (Å²) in [5.74, 6) is -0.509. The standard InChI is InChI=1S/C22H40O5/c1-4-5-6-7-12-15-18-26-21(24)16-13-10-8-9-11-14-17-22(25)27-20(3)19(2)23/h20H,4-18H2,1-3H3. The van der Waals surface area contributed by atoms with E-state index in [9.17, 15) is 14.4 Å². The highest BCUT2D eigenvalue weighted by Gasteiger charge is 2.12. The number of carbonyl (C=O) groups excluding carboxylic acids is 3. The van der Waals surface area contributed by atoms with Gasteiger partial charge in [0.1, 0.15) is 0 Å². The van der Waals surface area contributed by atoms with Gasteiger partial charge in [0.25, 0.3) is 0 Å². The minimum absolute atomic E-state index is 0.0779. The molecular weight excluding hydrogens is 344 g/mol. The summed E-state index contributed by atoms with van der Waals surface area (Å²) in [6.45, 7) is 5.78. The molecule has 0 aromatic heterocycles. The van der Waals surface area contributed by atoms with E-state index in [1.807, 2.05) is 0 Å². The van der Waals surface area contributed by atoms with Crippen LogP contribution in [0, 0.1) is 0 Å². The second-order valence-electron chi connectivity index (χ2n) is 7.35. The van der Waals surface area contributed by atoms with Gasteiger partial charge < -0.3 is 9.47 Å². The summed E-state index contributed by atoms with van der Waals surface area (Å²) >= 11 is 0. The molecule has 0 saturated heterocycles. The van der Waals surface area contributed by atoms with E-state index in [2.05, 4.69) is 6.92 Å². The first-order chi connectivity index (χ1) is 13.0. The van der Waals surface area contributed by atoms with Gasteiger partial charge in [0.05, 0.1) is 6.61 Å². The summed E-state index contributed by atoms with van der Waals surface area (Å²) in [7, 11) is 0. The molecule has 0 spiro atoms. The first kappa shape index (κ1) is 25.6. The SMILES string of the molecule is CCCCCCCCOC(=O)CCCCCCCCC(=O)OC(C)C(C)=O. The summed E-state index contributed by atoms with van der Waals surface area (Å²) in [4.78, 5) is 34.2. The molecule has 5 nitrogen and oxygen atoms in total. The lowest BCUT2D eigenvalue weighted by Crippen LogP contribution is -2.21. The van der Waals surface area contributed by atoms with Crippen molar-refractivity contribution in [2.45, 2.75) is 117 Å². The van der Waals surface area contributed by atoms with Crippen molar-refractivity contribution in [3.63, 3.8) is 0 Å². The highest BCUT2D eigenvalue weighted by Crippen LogP contribution is 2.10. The Labute approximate surface area is 165 Å². The maximum absolute atomic E-state index is 11.6. The molecule has 0 aliphatic heterocycles. The molecule has 27 heavy (non-hydrogen) atoms. The Bertz CT molecular complexity index is 406. The van der Waals surface area contributed by atoms with Crippen LogP contribution in [0.25, 0.3) is 0 Å². The van der Waals surface area contributed by atoms with Gasteiger partial charge in [-0.25, -0.2) is 0 Å². The zero-order valence-electron chi connectivity index (χ0n) is 17.7. The van der Waals surface area contributed by atoms with Gasteiger partial charge in [0.15, 0.2) is 11.9 Å². The summed E-state index contributed by atoms with van der Waals surface area (Å²) in [5, 5.41) is 0. The second-order valence-corrected chi connectivity index (χ2v) is 7.35. The fraction of sp³-hybridized carbons (Fsp3) is 0.864. The van der Waals surface area contributed by atoms with Crippen LogP contribution in [-0.4, -0.2) is 30.4 Å². The molecule has 1 atom stereocenters. The molecule has 0 saturated carbocycles. The lowest BCUT2D eigenvalue weighted by molar-refractivity contribution is -0.153. The largest absolute Gasteiger partial charge is 0.466 e. The minimum Gasteiger partial charge on any atom is -0.466 e. The number of unbranched alkanes of at least 4 members (excludes halogenated alkanes) is 10. The van der Waals surface area contributed by atoms with Crippen molar-refractivity contribution >= 4 is 17.7 Å². The van der Waals surface area contributed by atoms with E-state index in [-0.39, 0.29) is 17.7 Å². The van der Waals surface area contributed by atoms with Crippen molar-refractivity contribution < 1.29 is 23.9 Å². The molecule has 0 fully saturated rings. The van der Waals surface area contributed by atoms with Crippen molar-refractivity contribution in [1.29, 1.82) is 0 Å². The Morgan fingerprint density at radius 2 is 1.19 bits per heavy atom. The van der Waals surface area contributed by atoms with Crippen LogP contribution in [0.15, 0.2) is 0 Å². The molecule has 0 rings (SSSR count). The van der Waals surface area contributed by atoms with Gasteiger partial charge >= 0.3 is 11.9 Å². The van der Waals surface area contributed by atoms with Crippen LogP contribution in [0.3, 0.4) is 0 Å². The maximum atomic E-state index is 11.6. The topological polar surface area (TPSA) is 69.7 Å². The molecule has 5 heteroatoms. The first-order valence-electron chi connectivity index (χ1n) is 10.8. The molecule has 0 aliphatic carbocycles. The number of esters is 2. The normalized spacial score (nSPS) is 11.8. The number of ketones is 1. The number of rotatable bonds is 18. The van der Waals surface area contributed by atoms with E-state index in [0.29, 0.717) is 19.4 Å². The van der Waals surface area contributed by atoms with Gasteiger partial charge in [-0.3, -0.25) is 14.4 Å². The first-order valence-corrected chi connectivity index (χ1v) is 10.8. The summed E-state index contributed by atoms with van der Waals surface area (Å²) in [6, 6.07) is 0. The van der Waals surface area contributed by atoms with E-state index in [1.165, 1.54) is 32.6 Å². The average Bonchev–Trinajstić information content (AvgIpc) is 2.63. The Morgan fingerprint density at radius 3 is 1.74 bits per heavy atom. The molecule has 0 aromatic carbocycles. The number of carbonyl (C=O) groups is 3. The molecule has 0 radical (unpaired) electrons. The molecule has 158 valence electrons. The van der Waals surface area contributed by atoms with Crippen LogP contribution in [0.1, 0.15) is 111 Å². The van der Waals surface area contributed by atoms with Gasteiger partial charge in [-0.15, -0.1) is 0 Å². The third-order valence-electron chi connectivity index (χ3n) is 4.65. The van der Waals surface area contributed by atoms with Crippen molar-refractivity contribution in [1.82, 2.24) is 0 Å².